The topological polar surface area (TPSA) is 26.0 Å². The minimum Gasteiger partial charge on any atom is -0.399 e. The van der Waals surface area contributed by atoms with E-state index in [0.29, 0.717) is 11.3 Å². The maximum absolute atomic E-state index is 13.4. The fourth-order valence-corrected chi connectivity index (χ4v) is 3.71. The van der Waals surface area contributed by atoms with Gasteiger partial charge in [-0.2, -0.15) is 0 Å². The van der Waals surface area contributed by atoms with Gasteiger partial charge in [-0.3, -0.25) is 0 Å². The molecule has 2 aromatic carbocycles. The van der Waals surface area contributed by atoms with Crippen LogP contribution in [0.1, 0.15) is 49.7 Å². The lowest BCUT2D eigenvalue weighted by Crippen LogP contribution is -2.26. The zero-order valence-corrected chi connectivity index (χ0v) is 13.2. The molecule has 1 aliphatic rings. The van der Waals surface area contributed by atoms with Crippen molar-refractivity contribution in [1.29, 1.82) is 0 Å². The third-order valence-corrected chi connectivity index (χ3v) is 5.12. The SMILES string of the molecule is CC1(Cc2ccc(N)cc2)CCC(c2cccc(F)c2)CC1. The van der Waals surface area contributed by atoms with Gasteiger partial charge in [-0.1, -0.05) is 31.2 Å². The van der Waals surface area contributed by atoms with Gasteiger partial charge in [-0.25, -0.2) is 4.39 Å². The second-order valence-electron chi connectivity index (χ2n) is 7.06. The maximum Gasteiger partial charge on any atom is 0.123 e. The summed E-state index contributed by atoms with van der Waals surface area (Å²) in [7, 11) is 0. The van der Waals surface area contributed by atoms with Crippen molar-refractivity contribution in [2.75, 3.05) is 5.73 Å². The van der Waals surface area contributed by atoms with Crippen molar-refractivity contribution in [3.05, 3.63) is 65.5 Å². The van der Waals surface area contributed by atoms with E-state index >= 15 is 0 Å². The highest BCUT2D eigenvalue weighted by molar-refractivity contribution is 5.39. The van der Waals surface area contributed by atoms with Gasteiger partial charge in [-0.15, -0.1) is 0 Å². The van der Waals surface area contributed by atoms with Crippen LogP contribution in [0, 0.1) is 11.2 Å². The average molecular weight is 297 g/mol. The zero-order valence-electron chi connectivity index (χ0n) is 13.2. The third-order valence-electron chi connectivity index (χ3n) is 5.12. The Hall–Kier alpha value is -1.83. The molecule has 2 aromatic rings. The van der Waals surface area contributed by atoms with Crippen LogP contribution in [0.4, 0.5) is 10.1 Å². The van der Waals surface area contributed by atoms with Crippen LogP contribution in [0.15, 0.2) is 48.5 Å². The van der Waals surface area contributed by atoms with Gasteiger partial charge in [0.2, 0.25) is 0 Å². The molecule has 116 valence electrons. The first-order chi connectivity index (χ1) is 10.5. The number of halogens is 1. The van der Waals surface area contributed by atoms with Crippen LogP contribution in [0.2, 0.25) is 0 Å². The summed E-state index contributed by atoms with van der Waals surface area (Å²) in [6.07, 6.45) is 5.78. The van der Waals surface area contributed by atoms with Crippen LogP contribution >= 0.6 is 0 Å². The van der Waals surface area contributed by atoms with Crippen molar-refractivity contribution >= 4 is 5.69 Å². The average Bonchev–Trinajstić information content (AvgIpc) is 2.50. The van der Waals surface area contributed by atoms with Gasteiger partial charge in [0.25, 0.3) is 0 Å². The molecule has 1 fully saturated rings. The minimum absolute atomic E-state index is 0.118. The summed E-state index contributed by atoms with van der Waals surface area (Å²) in [6, 6.07) is 15.4. The second-order valence-corrected chi connectivity index (χ2v) is 7.06. The highest BCUT2D eigenvalue weighted by atomic mass is 19.1. The molecule has 0 bridgehead atoms. The predicted octanol–water partition coefficient (Wildman–Crippen LogP) is 5.31. The van der Waals surface area contributed by atoms with Gasteiger partial charge in [0.1, 0.15) is 5.82 Å². The zero-order chi connectivity index (χ0) is 15.6. The van der Waals surface area contributed by atoms with Gasteiger partial charge in [-0.05, 0) is 78.8 Å². The Kier molecular flexibility index (Phi) is 4.19. The van der Waals surface area contributed by atoms with Gasteiger partial charge >= 0.3 is 0 Å². The first-order valence-corrected chi connectivity index (χ1v) is 8.14. The van der Waals surface area contributed by atoms with E-state index in [1.807, 2.05) is 18.2 Å². The number of hydrogen-bond acceptors (Lipinski definition) is 1. The number of nitrogen functional groups attached to an aromatic ring is 1. The first-order valence-electron chi connectivity index (χ1n) is 8.14. The Balaban J connectivity index is 1.64. The maximum atomic E-state index is 13.4. The quantitative estimate of drug-likeness (QED) is 0.763. The van der Waals surface area contributed by atoms with Crippen LogP contribution in [0.25, 0.3) is 0 Å². The smallest absolute Gasteiger partial charge is 0.123 e. The molecule has 22 heavy (non-hydrogen) atoms. The van der Waals surface area contributed by atoms with E-state index in [1.54, 1.807) is 6.07 Å². The molecule has 0 atom stereocenters. The van der Waals surface area contributed by atoms with E-state index < -0.39 is 0 Å². The van der Waals surface area contributed by atoms with Crippen molar-refractivity contribution < 1.29 is 4.39 Å². The van der Waals surface area contributed by atoms with E-state index in [0.717, 1.165) is 30.5 Å². The Labute approximate surface area is 132 Å². The van der Waals surface area contributed by atoms with Gasteiger partial charge in [0.05, 0.1) is 0 Å². The fourth-order valence-electron chi connectivity index (χ4n) is 3.71. The molecule has 3 rings (SSSR count). The van der Waals surface area contributed by atoms with Crippen molar-refractivity contribution in [2.45, 2.75) is 44.9 Å². The summed E-state index contributed by atoms with van der Waals surface area (Å²) < 4.78 is 13.4. The molecule has 0 amide bonds. The van der Waals surface area contributed by atoms with E-state index in [-0.39, 0.29) is 5.82 Å². The Morgan fingerprint density at radius 2 is 1.77 bits per heavy atom. The van der Waals surface area contributed by atoms with E-state index in [4.69, 9.17) is 5.73 Å². The summed E-state index contributed by atoms with van der Waals surface area (Å²) >= 11 is 0. The van der Waals surface area contributed by atoms with Crippen LogP contribution < -0.4 is 5.73 Å². The molecule has 0 radical (unpaired) electrons. The van der Waals surface area contributed by atoms with Crippen LogP contribution in [-0.2, 0) is 6.42 Å². The van der Waals surface area contributed by atoms with Crippen molar-refractivity contribution in [3.8, 4) is 0 Å². The van der Waals surface area contributed by atoms with Crippen LogP contribution in [0.3, 0.4) is 0 Å². The molecule has 0 aliphatic heterocycles. The lowest BCUT2D eigenvalue weighted by molar-refractivity contribution is 0.197. The number of nitrogens with two attached hydrogens (primary N) is 1. The summed E-state index contributed by atoms with van der Waals surface area (Å²) in [5.41, 5.74) is 9.45. The number of benzene rings is 2. The Bertz CT molecular complexity index is 624. The minimum atomic E-state index is -0.118. The molecular formula is C20H24FN. The monoisotopic (exact) mass is 297 g/mol. The van der Waals surface area contributed by atoms with Crippen molar-refractivity contribution in [1.82, 2.24) is 0 Å². The first kappa shape index (κ1) is 15.1. The largest absolute Gasteiger partial charge is 0.399 e. The lowest BCUT2D eigenvalue weighted by atomic mass is 9.67. The molecular weight excluding hydrogens is 273 g/mol. The highest BCUT2D eigenvalue weighted by Crippen LogP contribution is 2.44. The number of rotatable bonds is 3. The van der Waals surface area contributed by atoms with E-state index in [2.05, 4.69) is 25.1 Å². The van der Waals surface area contributed by atoms with E-state index in [9.17, 15) is 4.39 Å². The summed E-state index contributed by atoms with van der Waals surface area (Å²) in [5.74, 6) is 0.392. The molecule has 0 spiro atoms. The van der Waals surface area contributed by atoms with Gasteiger partial charge < -0.3 is 5.73 Å². The molecule has 2 N–H and O–H groups in total. The van der Waals surface area contributed by atoms with E-state index in [1.165, 1.54) is 24.5 Å². The summed E-state index contributed by atoms with van der Waals surface area (Å²) in [5, 5.41) is 0. The number of anilines is 1. The fraction of sp³-hybridized carbons (Fsp3) is 0.400. The third kappa shape index (κ3) is 3.49. The van der Waals surface area contributed by atoms with Crippen molar-refractivity contribution in [3.63, 3.8) is 0 Å². The Morgan fingerprint density at radius 1 is 1.09 bits per heavy atom. The Morgan fingerprint density at radius 3 is 2.41 bits per heavy atom. The molecule has 2 heteroatoms. The standard InChI is InChI=1S/C20H24FN/c1-20(14-15-5-7-19(22)8-6-15)11-9-16(10-12-20)17-3-2-4-18(21)13-17/h2-8,13,16H,9-12,14,22H2,1H3. The van der Waals surface area contributed by atoms with Gasteiger partial charge in [0.15, 0.2) is 0 Å². The molecule has 1 saturated carbocycles. The molecule has 0 saturated heterocycles. The van der Waals surface area contributed by atoms with Crippen molar-refractivity contribution in [2.24, 2.45) is 5.41 Å². The lowest BCUT2D eigenvalue weighted by Gasteiger charge is -2.38. The summed E-state index contributed by atoms with van der Waals surface area (Å²) in [6.45, 7) is 2.38. The molecule has 1 nitrogen and oxygen atoms in total. The van der Waals surface area contributed by atoms with Crippen LogP contribution in [-0.4, -0.2) is 0 Å². The molecule has 0 unspecified atom stereocenters. The highest BCUT2D eigenvalue weighted by Gasteiger charge is 2.31. The second kappa shape index (κ2) is 6.12. The summed E-state index contributed by atoms with van der Waals surface area (Å²) in [4.78, 5) is 0. The van der Waals surface area contributed by atoms with Crippen LogP contribution in [0.5, 0.6) is 0 Å². The predicted molar refractivity (Wildman–Crippen MR) is 90.3 cm³/mol. The molecule has 0 heterocycles. The normalized spacial score (nSPS) is 25.1. The van der Waals surface area contributed by atoms with Gasteiger partial charge in [0, 0.05) is 5.69 Å². The molecule has 0 aromatic heterocycles. The molecule has 1 aliphatic carbocycles. The number of hydrogen-bond donors (Lipinski definition) is 1.